The molecule has 1 amide bonds. The number of aromatic hydroxyl groups is 1. The van der Waals surface area contributed by atoms with Crippen LogP contribution in [-0.4, -0.2) is 26.3 Å². The minimum Gasteiger partial charge on any atom is -0.506 e. The molecule has 0 bridgehead atoms. The summed E-state index contributed by atoms with van der Waals surface area (Å²) in [4.78, 5) is 29.1. The molecule has 144 valence electrons. The molecule has 0 radical (unpaired) electrons. The Bertz CT molecular complexity index is 1220. The Morgan fingerprint density at radius 2 is 1.79 bits per heavy atom. The summed E-state index contributed by atoms with van der Waals surface area (Å²) in [5, 5.41) is 13.3. The Kier molecular flexibility index (Phi) is 4.78. The van der Waals surface area contributed by atoms with Crippen LogP contribution in [0.4, 0.5) is 10.1 Å². The number of carbonyl (C=O) groups excluding carboxylic acids is 2. The Hall–Kier alpha value is -4.00. The van der Waals surface area contributed by atoms with Crippen molar-refractivity contribution in [2.75, 3.05) is 5.32 Å². The van der Waals surface area contributed by atoms with Gasteiger partial charge in [0.1, 0.15) is 11.6 Å². The summed E-state index contributed by atoms with van der Waals surface area (Å²) in [6.45, 7) is 0.0972. The van der Waals surface area contributed by atoms with E-state index in [2.05, 4.69) is 10.3 Å². The highest BCUT2D eigenvalue weighted by Crippen LogP contribution is 2.30. The van der Waals surface area contributed by atoms with Crippen LogP contribution in [0.5, 0.6) is 5.75 Å². The highest BCUT2D eigenvalue weighted by atomic mass is 19.1. The average Bonchev–Trinajstić information content (AvgIpc) is 3.09. The van der Waals surface area contributed by atoms with Crippen LogP contribution >= 0.6 is 0 Å². The number of amides is 1. The van der Waals surface area contributed by atoms with Gasteiger partial charge in [0, 0.05) is 35.2 Å². The van der Waals surface area contributed by atoms with Gasteiger partial charge in [0.15, 0.2) is 0 Å². The Labute approximate surface area is 165 Å². The fraction of sp³-hybridized carbons (Fsp3) is 0.0455. The van der Waals surface area contributed by atoms with Crippen molar-refractivity contribution in [2.24, 2.45) is 0 Å². The van der Waals surface area contributed by atoms with Gasteiger partial charge < -0.3 is 15.0 Å². The number of pyridine rings is 1. The molecule has 4 aromatic rings. The molecule has 0 aliphatic rings. The number of nitrogens with zero attached hydrogens (tertiary/aromatic N) is 2. The summed E-state index contributed by atoms with van der Waals surface area (Å²) >= 11 is 0. The number of hydrogen-bond acceptors (Lipinski definition) is 4. The highest BCUT2D eigenvalue weighted by molar-refractivity contribution is 6.48. The van der Waals surface area contributed by atoms with Gasteiger partial charge in [-0.1, -0.05) is 30.3 Å². The molecule has 2 N–H and O–H groups in total. The predicted octanol–water partition coefficient (Wildman–Crippen LogP) is 3.75. The van der Waals surface area contributed by atoms with Crippen molar-refractivity contribution in [3.8, 4) is 5.75 Å². The largest absolute Gasteiger partial charge is 0.506 e. The third-order valence-electron chi connectivity index (χ3n) is 4.56. The molecule has 0 aliphatic heterocycles. The van der Waals surface area contributed by atoms with Crippen LogP contribution in [0.3, 0.4) is 0 Å². The lowest BCUT2D eigenvalue weighted by molar-refractivity contribution is -0.112. The summed E-state index contributed by atoms with van der Waals surface area (Å²) in [6, 6.07) is 14.1. The second kappa shape index (κ2) is 7.55. The quantitative estimate of drug-likeness (QED) is 0.402. The monoisotopic (exact) mass is 389 g/mol. The van der Waals surface area contributed by atoms with Gasteiger partial charge in [-0.25, -0.2) is 4.39 Å². The van der Waals surface area contributed by atoms with Gasteiger partial charge >= 0.3 is 0 Å². The van der Waals surface area contributed by atoms with Crippen LogP contribution < -0.4 is 5.32 Å². The van der Waals surface area contributed by atoms with Crippen molar-refractivity contribution in [1.82, 2.24) is 9.55 Å². The smallest absolute Gasteiger partial charge is 0.296 e. The van der Waals surface area contributed by atoms with Gasteiger partial charge in [-0.05, 0) is 24.3 Å². The number of phenolic OH excluding ortho intramolecular Hbond substituents is 1. The van der Waals surface area contributed by atoms with Gasteiger partial charge in [-0.2, -0.15) is 0 Å². The first-order valence-corrected chi connectivity index (χ1v) is 8.84. The number of Topliss-reactive ketones (excluding diaryl/α,β-unsaturated/α-hetero) is 1. The molecule has 2 aromatic carbocycles. The fourth-order valence-corrected chi connectivity index (χ4v) is 3.20. The predicted molar refractivity (Wildman–Crippen MR) is 106 cm³/mol. The standard InChI is InChI=1S/C22H16FN3O3/c23-18-6-2-1-4-14(18)12-26-13-17(16-5-3-7-19(27)20(16)26)21(28)22(29)25-15-8-10-24-11-9-15/h1-11,13,27H,12H2,(H,24,25,29). The van der Waals surface area contributed by atoms with Crippen molar-refractivity contribution in [3.63, 3.8) is 0 Å². The highest BCUT2D eigenvalue weighted by Gasteiger charge is 2.23. The van der Waals surface area contributed by atoms with Crippen LogP contribution in [0, 0.1) is 5.82 Å². The summed E-state index contributed by atoms with van der Waals surface area (Å²) in [7, 11) is 0. The Morgan fingerprint density at radius 3 is 2.55 bits per heavy atom. The number of anilines is 1. The van der Waals surface area contributed by atoms with Gasteiger partial charge in [0.25, 0.3) is 11.7 Å². The third-order valence-corrected chi connectivity index (χ3v) is 4.56. The number of aromatic nitrogens is 2. The molecular formula is C22H16FN3O3. The van der Waals surface area contributed by atoms with E-state index in [9.17, 15) is 19.1 Å². The zero-order valence-corrected chi connectivity index (χ0v) is 15.2. The van der Waals surface area contributed by atoms with E-state index in [1.807, 2.05) is 0 Å². The fourth-order valence-electron chi connectivity index (χ4n) is 3.20. The summed E-state index contributed by atoms with van der Waals surface area (Å²) in [5.74, 6) is -2.03. The Balaban J connectivity index is 1.73. The number of rotatable bonds is 5. The molecule has 0 fully saturated rings. The topological polar surface area (TPSA) is 84.2 Å². The lowest BCUT2D eigenvalue weighted by Gasteiger charge is -2.07. The molecule has 0 saturated carbocycles. The van der Waals surface area contributed by atoms with Crippen molar-refractivity contribution in [1.29, 1.82) is 0 Å². The molecule has 2 heterocycles. The first-order valence-electron chi connectivity index (χ1n) is 8.84. The van der Waals surface area contributed by atoms with E-state index >= 15 is 0 Å². The van der Waals surface area contributed by atoms with E-state index in [-0.39, 0.29) is 17.9 Å². The van der Waals surface area contributed by atoms with Gasteiger partial charge in [-0.3, -0.25) is 14.6 Å². The van der Waals surface area contributed by atoms with E-state index < -0.39 is 17.5 Å². The second-order valence-corrected chi connectivity index (χ2v) is 6.45. The molecule has 2 aromatic heterocycles. The number of benzene rings is 2. The summed E-state index contributed by atoms with van der Waals surface area (Å²) in [5.41, 5.74) is 1.32. The minimum atomic E-state index is -0.815. The first-order chi connectivity index (χ1) is 14.0. The molecule has 0 atom stereocenters. The lowest BCUT2D eigenvalue weighted by atomic mass is 10.1. The van der Waals surface area contributed by atoms with Crippen molar-refractivity contribution >= 4 is 28.3 Å². The number of ketones is 1. The maximum Gasteiger partial charge on any atom is 0.296 e. The number of nitrogens with one attached hydrogen (secondary N) is 1. The lowest BCUT2D eigenvalue weighted by Crippen LogP contribution is -2.22. The minimum absolute atomic E-state index is 0.0626. The molecule has 7 heteroatoms. The van der Waals surface area contributed by atoms with Crippen LogP contribution in [0.2, 0.25) is 0 Å². The summed E-state index contributed by atoms with van der Waals surface area (Å²) in [6.07, 6.45) is 4.46. The number of phenols is 1. The van der Waals surface area contributed by atoms with Crippen molar-refractivity contribution in [3.05, 3.63) is 90.1 Å². The number of carbonyl (C=O) groups is 2. The molecule has 0 aliphatic carbocycles. The molecule has 0 unspecified atom stereocenters. The third kappa shape index (κ3) is 3.58. The van der Waals surface area contributed by atoms with Crippen molar-refractivity contribution < 1.29 is 19.1 Å². The van der Waals surface area contributed by atoms with E-state index in [0.29, 0.717) is 22.2 Å². The molecule has 0 spiro atoms. The second-order valence-electron chi connectivity index (χ2n) is 6.45. The van der Waals surface area contributed by atoms with E-state index in [1.54, 1.807) is 47.0 Å². The zero-order valence-electron chi connectivity index (χ0n) is 15.2. The molecule has 0 saturated heterocycles. The van der Waals surface area contributed by atoms with E-state index in [4.69, 9.17) is 0 Å². The normalized spacial score (nSPS) is 10.8. The van der Waals surface area contributed by atoms with Crippen LogP contribution in [-0.2, 0) is 11.3 Å². The average molecular weight is 389 g/mol. The van der Waals surface area contributed by atoms with Gasteiger partial charge in [-0.15, -0.1) is 0 Å². The van der Waals surface area contributed by atoms with Crippen LogP contribution in [0.25, 0.3) is 10.9 Å². The molecule has 29 heavy (non-hydrogen) atoms. The van der Waals surface area contributed by atoms with Crippen LogP contribution in [0.1, 0.15) is 15.9 Å². The van der Waals surface area contributed by atoms with E-state index in [1.165, 1.54) is 30.7 Å². The SMILES string of the molecule is O=C(Nc1ccncc1)C(=O)c1cn(Cc2ccccc2F)c2c(O)cccc12. The number of para-hydroxylation sites is 1. The van der Waals surface area contributed by atoms with Crippen LogP contribution in [0.15, 0.2) is 73.2 Å². The van der Waals surface area contributed by atoms with Gasteiger partial charge in [0.2, 0.25) is 0 Å². The van der Waals surface area contributed by atoms with Gasteiger partial charge in [0.05, 0.1) is 17.6 Å². The molecule has 4 rings (SSSR count). The summed E-state index contributed by atoms with van der Waals surface area (Å²) < 4.78 is 15.7. The molecular weight excluding hydrogens is 373 g/mol. The number of fused-ring (bicyclic) bond motifs is 1. The van der Waals surface area contributed by atoms with E-state index in [0.717, 1.165) is 0 Å². The van der Waals surface area contributed by atoms with Crippen molar-refractivity contribution in [2.45, 2.75) is 6.54 Å². The number of hydrogen-bond donors (Lipinski definition) is 2. The number of halogens is 1. The maximum atomic E-state index is 14.1. The maximum absolute atomic E-state index is 14.1. The molecule has 6 nitrogen and oxygen atoms in total. The Morgan fingerprint density at radius 1 is 1.03 bits per heavy atom. The first kappa shape index (κ1) is 18.4. The zero-order chi connectivity index (χ0) is 20.4.